The van der Waals surface area contributed by atoms with Gasteiger partial charge in [0.15, 0.2) is 5.96 Å². The van der Waals surface area contributed by atoms with Gasteiger partial charge in [-0.1, -0.05) is 0 Å². The minimum atomic E-state index is 0.727. The lowest BCUT2D eigenvalue weighted by Crippen LogP contribution is -2.43. The standard InChI is InChI=1S/C17H29BrN4OS/c1-19-17(21(2)13-15-4-5-16(18)24-15)20-12-14-6-8-22(9-7-14)10-11-23-3/h4-5,14H,6-13H2,1-3H3,(H,19,20). The predicted molar refractivity (Wildman–Crippen MR) is 106 cm³/mol. The summed E-state index contributed by atoms with van der Waals surface area (Å²) in [4.78, 5) is 10.4. The van der Waals surface area contributed by atoms with E-state index < -0.39 is 0 Å². The highest BCUT2D eigenvalue weighted by Gasteiger charge is 2.19. The second kappa shape index (κ2) is 10.4. The third-order valence-electron chi connectivity index (χ3n) is 4.46. The molecule has 136 valence electrons. The quantitative estimate of drug-likeness (QED) is 0.547. The molecule has 1 N–H and O–H groups in total. The van der Waals surface area contributed by atoms with Crippen molar-refractivity contribution in [2.75, 3.05) is 54.0 Å². The van der Waals surface area contributed by atoms with Gasteiger partial charge in [0.1, 0.15) is 0 Å². The molecule has 1 aromatic rings. The van der Waals surface area contributed by atoms with Crippen molar-refractivity contribution in [3.63, 3.8) is 0 Å². The van der Waals surface area contributed by atoms with Crippen molar-refractivity contribution in [3.05, 3.63) is 20.8 Å². The highest BCUT2D eigenvalue weighted by Crippen LogP contribution is 2.23. The molecule has 24 heavy (non-hydrogen) atoms. The first-order valence-corrected chi connectivity index (χ1v) is 10.1. The van der Waals surface area contributed by atoms with Crippen LogP contribution in [0.1, 0.15) is 17.7 Å². The highest BCUT2D eigenvalue weighted by molar-refractivity contribution is 9.11. The average Bonchev–Trinajstić information content (AvgIpc) is 2.99. The second-order valence-electron chi connectivity index (χ2n) is 6.27. The fourth-order valence-corrected chi connectivity index (χ4v) is 4.54. The summed E-state index contributed by atoms with van der Waals surface area (Å²) in [6, 6.07) is 4.26. The number of thiophene rings is 1. The molecule has 1 fully saturated rings. The number of rotatable bonds is 7. The van der Waals surface area contributed by atoms with Crippen LogP contribution >= 0.6 is 27.3 Å². The second-order valence-corrected chi connectivity index (χ2v) is 8.82. The molecule has 5 nitrogen and oxygen atoms in total. The summed E-state index contributed by atoms with van der Waals surface area (Å²) >= 11 is 5.30. The number of ether oxygens (including phenoxy) is 1. The van der Waals surface area contributed by atoms with E-state index in [1.165, 1.54) is 34.6 Å². The van der Waals surface area contributed by atoms with Gasteiger partial charge < -0.3 is 19.9 Å². The van der Waals surface area contributed by atoms with Crippen LogP contribution in [0.15, 0.2) is 20.9 Å². The van der Waals surface area contributed by atoms with Crippen LogP contribution in [0.25, 0.3) is 0 Å². The number of hydrogen-bond acceptors (Lipinski definition) is 4. The lowest BCUT2D eigenvalue weighted by molar-refractivity contribution is 0.120. The van der Waals surface area contributed by atoms with Crippen molar-refractivity contribution in [3.8, 4) is 0 Å². The number of nitrogens with one attached hydrogen (secondary N) is 1. The smallest absolute Gasteiger partial charge is 0.193 e. The fraction of sp³-hybridized carbons (Fsp3) is 0.706. The number of nitrogens with zero attached hydrogens (tertiary/aromatic N) is 3. The number of aliphatic imine (C=N–C) groups is 1. The van der Waals surface area contributed by atoms with Crippen LogP contribution in [-0.2, 0) is 11.3 Å². The SMILES string of the molecule is CN=C(NCC1CCN(CCOC)CC1)N(C)Cc1ccc(Br)s1. The normalized spacial score (nSPS) is 17.2. The zero-order valence-electron chi connectivity index (χ0n) is 14.9. The molecule has 1 saturated heterocycles. The van der Waals surface area contributed by atoms with E-state index in [-0.39, 0.29) is 0 Å². The maximum absolute atomic E-state index is 5.16. The molecular weight excluding hydrogens is 388 g/mol. The van der Waals surface area contributed by atoms with Crippen LogP contribution in [0, 0.1) is 5.92 Å². The number of guanidine groups is 1. The molecule has 1 aliphatic heterocycles. The van der Waals surface area contributed by atoms with Gasteiger partial charge in [-0.3, -0.25) is 4.99 Å². The van der Waals surface area contributed by atoms with Gasteiger partial charge in [0, 0.05) is 39.2 Å². The Morgan fingerprint density at radius 1 is 1.46 bits per heavy atom. The molecule has 0 unspecified atom stereocenters. The van der Waals surface area contributed by atoms with Gasteiger partial charge in [0.05, 0.1) is 16.9 Å². The Morgan fingerprint density at radius 3 is 2.79 bits per heavy atom. The molecule has 0 atom stereocenters. The summed E-state index contributed by atoms with van der Waals surface area (Å²) in [7, 11) is 5.72. The number of likely N-dealkylation sites (tertiary alicyclic amines) is 1. The molecule has 0 bridgehead atoms. The minimum Gasteiger partial charge on any atom is -0.383 e. The summed E-state index contributed by atoms with van der Waals surface area (Å²) in [6.45, 7) is 6.12. The molecule has 2 heterocycles. The lowest BCUT2D eigenvalue weighted by atomic mass is 9.97. The van der Waals surface area contributed by atoms with Gasteiger partial charge in [-0.05, 0) is 59.9 Å². The summed E-state index contributed by atoms with van der Waals surface area (Å²) in [5.74, 6) is 1.70. The Labute approximate surface area is 158 Å². The molecule has 0 aromatic carbocycles. The Bertz CT molecular complexity index is 514. The van der Waals surface area contributed by atoms with Crippen molar-refractivity contribution in [1.29, 1.82) is 0 Å². The number of piperidine rings is 1. The van der Waals surface area contributed by atoms with E-state index >= 15 is 0 Å². The van der Waals surface area contributed by atoms with E-state index in [1.54, 1.807) is 18.4 Å². The molecule has 0 aliphatic carbocycles. The molecule has 0 radical (unpaired) electrons. The first-order chi connectivity index (χ1) is 11.6. The Hall–Kier alpha value is -0.630. The third kappa shape index (κ3) is 6.35. The van der Waals surface area contributed by atoms with Gasteiger partial charge >= 0.3 is 0 Å². The van der Waals surface area contributed by atoms with E-state index in [2.05, 4.69) is 55.2 Å². The number of hydrogen-bond donors (Lipinski definition) is 1. The predicted octanol–water partition coefficient (Wildman–Crippen LogP) is 2.88. The van der Waals surface area contributed by atoms with E-state index in [1.807, 2.05) is 7.05 Å². The highest BCUT2D eigenvalue weighted by atomic mass is 79.9. The minimum absolute atomic E-state index is 0.727. The molecule has 1 aliphatic rings. The fourth-order valence-electron chi connectivity index (χ4n) is 3.00. The van der Waals surface area contributed by atoms with Crippen molar-refractivity contribution >= 4 is 33.2 Å². The first kappa shape index (κ1) is 19.7. The Morgan fingerprint density at radius 2 is 2.21 bits per heavy atom. The molecule has 0 amide bonds. The van der Waals surface area contributed by atoms with E-state index in [0.717, 1.165) is 38.1 Å². The largest absolute Gasteiger partial charge is 0.383 e. The van der Waals surface area contributed by atoms with Crippen LogP contribution in [0.2, 0.25) is 0 Å². The maximum atomic E-state index is 5.16. The van der Waals surface area contributed by atoms with Gasteiger partial charge in [-0.15, -0.1) is 11.3 Å². The topological polar surface area (TPSA) is 40.1 Å². The average molecular weight is 417 g/mol. The monoisotopic (exact) mass is 416 g/mol. The van der Waals surface area contributed by atoms with Crippen LogP contribution in [-0.4, -0.2) is 69.8 Å². The van der Waals surface area contributed by atoms with Gasteiger partial charge in [-0.25, -0.2) is 0 Å². The molecular formula is C17H29BrN4OS. The molecule has 0 saturated carbocycles. The number of methoxy groups -OCH3 is 1. The first-order valence-electron chi connectivity index (χ1n) is 8.49. The van der Waals surface area contributed by atoms with Crippen molar-refractivity contribution < 1.29 is 4.74 Å². The van der Waals surface area contributed by atoms with Gasteiger partial charge in [0.25, 0.3) is 0 Å². The maximum Gasteiger partial charge on any atom is 0.193 e. The molecule has 0 spiro atoms. The molecule has 1 aromatic heterocycles. The van der Waals surface area contributed by atoms with Crippen molar-refractivity contribution in [1.82, 2.24) is 15.1 Å². The Balaban J connectivity index is 1.72. The van der Waals surface area contributed by atoms with Crippen LogP contribution in [0.5, 0.6) is 0 Å². The van der Waals surface area contributed by atoms with E-state index in [9.17, 15) is 0 Å². The third-order valence-corrected chi connectivity index (χ3v) is 6.07. The Kier molecular flexibility index (Phi) is 8.52. The summed E-state index contributed by atoms with van der Waals surface area (Å²) in [5, 5.41) is 3.55. The van der Waals surface area contributed by atoms with E-state index in [0.29, 0.717) is 0 Å². The van der Waals surface area contributed by atoms with Gasteiger partial charge in [0.2, 0.25) is 0 Å². The molecule has 2 rings (SSSR count). The van der Waals surface area contributed by atoms with Crippen molar-refractivity contribution in [2.24, 2.45) is 10.9 Å². The van der Waals surface area contributed by atoms with Crippen LogP contribution in [0.4, 0.5) is 0 Å². The lowest BCUT2D eigenvalue weighted by Gasteiger charge is -2.32. The summed E-state index contributed by atoms with van der Waals surface area (Å²) < 4.78 is 6.34. The van der Waals surface area contributed by atoms with Crippen LogP contribution < -0.4 is 5.32 Å². The zero-order chi connectivity index (χ0) is 17.4. The molecule has 7 heteroatoms. The van der Waals surface area contributed by atoms with E-state index in [4.69, 9.17) is 4.74 Å². The van der Waals surface area contributed by atoms with Crippen molar-refractivity contribution in [2.45, 2.75) is 19.4 Å². The van der Waals surface area contributed by atoms with Gasteiger partial charge in [-0.2, -0.15) is 0 Å². The van der Waals surface area contributed by atoms with Crippen LogP contribution in [0.3, 0.4) is 0 Å². The number of halogens is 1. The zero-order valence-corrected chi connectivity index (χ0v) is 17.3. The summed E-state index contributed by atoms with van der Waals surface area (Å²) in [5.41, 5.74) is 0. The summed E-state index contributed by atoms with van der Waals surface area (Å²) in [6.07, 6.45) is 2.49.